The molecule has 0 amide bonds. The molecule has 0 bridgehead atoms. The highest BCUT2D eigenvalue weighted by Gasteiger charge is 2.17. The number of H-pyrrole nitrogens is 1. The first kappa shape index (κ1) is 14.3. The van der Waals surface area contributed by atoms with Gasteiger partial charge in [0.15, 0.2) is 0 Å². The Kier molecular flexibility index (Phi) is 7.23. The lowest BCUT2D eigenvalue weighted by atomic mass is 9.64. The zero-order chi connectivity index (χ0) is 11.8. The largest absolute Gasteiger partial charge is 0.428 e. The number of aromatic nitrogens is 1. The molecule has 0 aromatic carbocycles. The Morgan fingerprint density at radius 2 is 1.87 bits per heavy atom. The Hall–Kier alpha value is -0.695. The van der Waals surface area contributed by atoms with Crippen LogP contribution in [0, 0.1) is 5.92 Å². The molecule has 1 unspecified atom stereocenters. The van der Waals surface area contributed by atoms with Crippen molar-refractivity contribution in [1.82, 2.24) is 4.98 Å². The zero-order valence-electron chi connectivity index (χ0n) is 10.9. The molecule has 0 saturated carbocycles. The van der Waals surface area contributed by atoms with E-state index in [1.54, 1.807) is 0 Å². The lowest BCUT2D eigenvalue weighted by molar-refractivity contribution is 0.174. The van der Waals surface area contributed by atoms with Crippen molar-refractivity contribution >= 4 is 12.4 Å². The summed E-state index contributed by atoms with van der Waals surface area (Å²) < 4.78 is 5.84. The van der Waals surface area contributed by atoms with Gasteiger partial charge in [0.05, 0.1) is 0 Å². The van der Waals surface area contributed by atoms with Crippen molar-refractivity contribution in [3.8, 4) is 0 Å². The van der Waals surface area contributed by atoms with E-state index in [2.05, 4.69) is 38.6 Å². The van der Waals surface area contributed by atoms with Gasteiger partial charge in [-0.05, 0) is 30.6 Å². The quantitative estimate of drug-likeness (QED) is 0.757. The summed E-state index contributed by atoms with van der Waals surface area (Å²) in [6.07, 6.45) is 4.22. The van der Waals surface area contributed by atoms with E-state index >= 15 is 0 Å². The van der Waals surface area contributed by atoms with E-state index in [9.17, 15) is 0 Å². The predicted molar refractivity (Wildman–Crippen MR) is 68.8 cm³/mol. The molecule has 1 heterocycles. The smallest absolute Gasteiger partial charge is 0.325 e. The molecule has 1 aromatic rings. The normalized spacial score (nSPS) is 11.9. The number of aromatic amines is 1. The third-order valence-corrected chi connectivity index (χ3v) is 2.45. The molecule has 1 atom stereocenters. The van der Waals surface area contributed by atoms with Gasteiger partial charge in [0.25, 0.3) is 0 Å². The summed E-state index contributed by atoms with van der Waals surface area (Å²) in [6, 6.07) is 2.05. The Bertz CT molecular complexity index is 234. The lowest BCUT2D eigenvalue weighted by Gasteiger charge is -2.19. The van der Waals surface area contributed by atoms with Crippen molar-refractivity contribution in [1.29, 1.82) is 0 Å². The average molecular weight is 209 g/mol. The van der Waals surface area contributed by atoms with E-state index in [0.717, 1.165) is 0 Å². The maximum atomic E-state index is 5.84. The van der Waals surface area contributed by atoms with E-state index in [0.29, 0.717) is 12.0 Å². The summed E-state index contributed by atoms with van der Waals surface area (Å²) in [5.74, 6) is 0.571. The van der Waals surface area contributed by atoms with Crippen LogP contribution in [0.5, 0.6) is 0 Å². The van der Waals surface area contributed by atoms with Gasteiger partial charge >= 0.3 is 6.92 Å². The summed E-state index contributed by atoms with van der Waals surface area (Å²) in [5, 5.41) is 0. The molecule has 0 aliphatic carbocycles. The van der Waals surface area contributed by atoms with Crippen LogP contribution in [-0.2, 0) is 4.65 Å². The highest BCUT2D eigenvalue weighted by atomic mass is 16.4. The highest BCUT2D eigenvalue weighted by molar-refractivity contribution is 6.66. The van der Waals surface area contributed by atoms with E-state index in [-0.39, 0.29) is 6.92 Å². The number of hydrogen-bond acceptors (Lipinski definition) is 1. The minimum Gasteiger partial charge on any atom is -0.428 e. The summed E-state index contributed by atoms with van der Waals surface area (Å²) >= 11 is 0. The fourth-order valence-corrected chi connectivity index (χ4v) is 1.15. The molecule has 86 valence electrons. The fourth-order valence-electron chi connectivity index (χ4n) is 1.15. The fraction of sp³-hybridized carbons (Fsp3) is 0.667. The predicted octanol–water partition coefficient (Wildman–Crippen LogP) is 2.93. The molecule has 1 rings (SSSR count). The SMILES string of the molecule is CB(OC(C)C(C)C)c1cc[nH]c1.CC. The highest BCUT2D eigenvalue weighted by Crippen LogP contribution is 2.06. The van der Waals surface area contributed by atoms with Crippen molar-refractivity contribution in [2.75, 3.05) is 0 Å². The molecule has 0 fully saturated rings. The molecule has 0 radical (unpaired) electrons. The standard InChI is InChI=1S/C10H18BNO.C2H6/c1-8(2)9(3)13-11(4)10-5-6-12-7-10;1-2/h5-9,12H,1-4H3;1-2H3. The Balaban J connectivity index is 0.000000921. The molecule has 1 N–H and O–H groups in total. The summed E-state index contributed by atoms with van der Waals surface area (Å²) in [7, 11) is 0. The molecular formula is C12H24BNO. The minimum atomic E-state index is 0.184. The van der Waals surface area contributed by atoms with E-state index < -0.39 is 0 Å². The van der Waals surface area contributed by atoms with E-state index in [4.69, 9.17) is 4.65 Å². The molecule has 0 spiro atoms. The van der Waals surface area contributed by atoms with Gasteiger partial charge in [-0.15, -0.1) is 0 Å². The minimum absolute atomic E-state index is 0.184. The molecule has 1 aromatic heterocycles. The zero-order valence-corrected chi connectivity index (χ0v) is 10.9. The number of nitrogens with one attached hydrogen (secondary N) is 1. The molecule has 0 aliphatic rings. The van der Waals surface area contributed by atoms with Crippen molar-refractivity contribution in [2.45, 2.75) is 47.5 Å². The number of rotatable bonds is 4. The first-order valence-electron chi connectivity index (χ1n) is 5.89. The Morgan fingerprint density at radius 3 is 2.27 bits per heavy atom. The van der Waals surface area contributed by atoms with Crippen molar-refractivity contribution in [3.63, 3.8) is 0 Å². The van der Waals surface area contributed by atoms with Gasteiger partial charge in [-0.3, -0.25) is 0 Å². The van der Waals surface area contributed by atoms with Crippen LogP contribution in [0.2, 0.25) is 6.82 Å². The van der Waals surface area contributed by atoms with E-state index in [1.807, 2.05) is 26.2 Å². The summed E-state index contributed by atoms with van der Waals surface area (Å²) in [4.78, 5) is 3.03. The molecular weight excluding hydrogens is 185 g/mol. The average Bonchev–Trinajstić information content (AvgIpc) is 2.73. The van der Waals surface area contributed by atoms with Crippen LogP contribution >= 0.6 is 0 Å². The molecule has 0 saturated heterocycles. The van der Waals surface area contributed by atoms with Crippen molar-refractivity contribution < 1.29 is 4.65 Å². The van der Waals surface area contributed by atoms with Crippen LogP contribution in [0.25, 0.3) is 0 Å². The van der Waals surface area contributed by atoms with Crippen LogP contribution < -0.4 is 5.46 Å². The number of hydrogen-bond donors (Lipinski definition) is 1. The van der Waals surface area contributed by atoms with Crippen LogP contribution in [0.15, 0.2) is 18.5 Å². The second kappa shape index (κ2) is 7.58. The van der Waals surface area contributed by atoms with Crippen LogP contribution in [0.1, 0.15) is 34.6 Å². The van der Waals surface area contributed by atoms with E-state index in [1.165, 1.54) is 5.46 Å². The summed E-state index contributed by atoms with van der Waals surface area (Å²) in [5.41, 5.74) is 1.22. The maximum Gasteiger partial charge on any atom is 0.325 e. The van der Waals surface area contributed by atoms with Gasteiger partial charge in [-0.2, -0.15) is 0 Å². The van der Waals surface area contributed by atoms with Crippen LogP contribution in [-0.4, -0.2) is 18.0 Å². The Labute approximate surface area is 94.5 Å². The lowest BCUT2D eigenvalue weighted by Crippen LogP contribution is -2.34. The van der Waals surface area contributed by atoms with Gasteiger partial charge in [0, 0.05) is 12.3 Å². The van der Waals surface area contributed by atoms with Crippen LogP contribution in [0.3, 0.4) is 0 Å². The monoisotopic (exact) mass is 209 g/mol. The topological polar surface area (TPSA) is 25.0 Å². The molecule has 3 heteroatoms. The summed E-state index contributed by atoms with van der Waals surface area (Å²) in [6.45, 7) is 12.7. The molecule has 0 aliphatic heterocycles. The Morgan fingerprint density at radius 1 is 1.27 bits per heavy atom. The van der Waals surface area contributed by atoms with Gasteiger partial charge in [-0.1, -0.05) is 34.5 Å². The second-order valence-corrected chi connectivity index (χ2v) is 3.87. The van der Waals surface area contributed by atoms with Gasteiger partial charge < -0.3 is 9.64 Å². The maximum absolute atomic E-state index is 5.84. The van der Waals surface area contributed by atoms with Gasteiger partial charge in [0.2, 0.25) is 0 Å². The molecule has 15 heavy (non-hydrogen) atoms. The first-order valence-corrected chi connectivity index (χ1v) is 5.89. The van der Waals surface area contributed by atoms with Crippen molar-refractivity contribution in [3.05, 3.63) is 18.5 Å². The van der Waals surface area contributed by atoms with Gasteiger partial charge in [0.1, 0.15) is 0 Å². The second-order valence-electron chi connectivity index (χ2n) is 3.87. The van der Waals surface area contributed by atoms with Gasteiger partial charge in [-0.25, -0.2) is 0 Å². The van der Waals surface area contributed by atoms with Crippen molar-refractivity contribution in [2.24, 2.45) is 5.92 Å². The first-order chi connectivity index (χ1) is 7.11. The van der Waals surface area contributed by atoms with Crippen LogP contribution in [0.4, 0.5) is 0 Å². The third kappa shape index (κ3) is 5.07. The third-order valence-electron chi connectivity index (χ3n) is 2.45. The molecule has 2 nitrogen and oxygen atoms in total.